The van der Waals surface area contributed by atoms with Crippen molar-refractivity contribution in [3.05, 3.63) is 47.9 Å². The molecule has 3 heteroatoms. The topological polar surface area (TPSA) is 29.0 Å². The highest BCUT2D eigenvalue weighted by Crippen LogP contribution is 2.26. The van der Waals surface area contributed by atoms with Gasteiger partial charge in [-0.1, -0.05) is 23.8 Å². The summed E-state index contributed by atoms with van der Waals surface area (Å²) in [5, 5.41) is 0. The predicted molar refractivity (Wildman–Crippen MR) is 81.7 cm³/mol. The van der Waals surface area contributed by atoms with Crippen molar-refractivity contribution in [1.29, 1.82) is 0 Å². The van der Waals surface area contributed by atoms with Crippen molar-refractivity contribution in [2.24, 2.45) is 0 Å². The number of likely N-dealkylation sites (N-methyl/N-ethyl adjacent to an activating group) is 1. The van der Waals surface area contributed by atoms with Crippen LogP contribution in [0, 0.1) is 6.92 Å². The molecule has 3 nitrogen and oxygen atoms in total. The second-order valence-corrected chi connectivity index (χ2v) is 5.80. The number of likely N-dealkylation sites (tertiary alicyclic amines) is 1. The van der Waals surface area contributed by atoms with Gasteiger partial charge in [-0.05, 0) is 39.4 Å². The third-order valence-electron chi connectivity index (χ3n) is 4.01. The summed E-state index contributed by atoms with van der Waals surface area (Å²) >= 11 is 0. The molecule has 1 saturated heterocycles. The monoisotopic (exact) mass is 267 g/mol. The van der Waals surface area contributed by atoms with Crippen LogP contribution < -0.4 is 0 Å². The van der Waals surface area contributed by atoms with E-state index in [2.05, 4.69) is 48.1 Å². The summed E-state index contributed by atoms with van der Waals surface area (Å²) in [4.78, 5) is 11.6. The minimum Gasteiger partial charge on any atom is -0.306 e. The third-order valence-corrected chi connectivity index (χ3v) is 4.01. The number of aryl methyl sites for hydroxylation is 1. The molecule has 1 aliphatic rings. The maximum absolute atomic E-state index is 4.85. The zero-order chi connectivity index (χ0) is 13.9. The van der Waals surface area contributed by atoms with Crippen LogP contribution in [0.5, 0.6) is 0 Å². The van der Waals surface area contributed by atoms with E-state index in [4.69, 9.17) is 4.98 Å². The van der Waals surface area contributed by atoms with E-state index < -0.39 is 0 Å². The van der Waals surface area contributed by atoms with Crippen LogP contribution in [0.25, 0.3) is 11.3 Å². The van der Waals surface area contributed by atoms with Gasteiger partial charge in [0.15, 0.2) is 0 Å². The Labute approximate surface area is 120 Å². The first kappa shape index (κ1) is 13.3. The highest BCUT2D eigenvalue weighted by Gasteiger charge is 2.20. The van der Waals surface area contributed by atoms with E-state index in [9.17, 15) is 0 Å². The van der Waals surface area contributed by atoms with Gasteiger partial charge in [-0.25, -0.2) is 4.98 Å². The van der Waals surface area contributed by atoms with Crippen LogP contribution in [-0.4, -0.2) is 35.0 Å². The lowest BCUT2D eigenvalue weighted by Crippen LogP contribution is -2.31. The minimum atomic E-state index is 0.519. The molecular formula is C17H21N3. The summed E-state index contributed by atoms with van der Waals surface area (Å²) in [5.41, 5.74) is 4.53. The number of hydrogen-bond acceptors (Lipinski definition) is 3. The molecule has 104 valence electrons. The first-order valence-electron chi connectivity index (χ1n) is 7.30. The van der Waals surface area contributed by atoms with Crippen molar-refractivity contribution < 1.29 is 0 Å². The summed E-state index contributed by atoms with van der Waals surface area (Å²) in [6.07, 6.45) is 6.27. The number of hydrogen-bond donors (Lipinski definition) is 0. The molecule has 2 aromatic rings. The van der Waals surface area contributed by atoms with Gasteiger partial charge in [0.1, 0.15) is 0 Å². The molecule has 0 saturated carbocycles. The molecule has 1 aliphatic heterocycles. The van der Waals surface area contributed by atoms with Crippen molar-refractivity contribution in [2.75, 3.05) is 20.1 Å². The quantitative estimate of drug-likeness (QED) is 0.836. The molecule has 1 atom stereocenters. The van der Waals surface area contributed by atoms with E-state index in [0.717, 1.165) is 23.5 Å². The smallest absolute Gasteiger partial charge is 0.0888 e. The normalized spacial score (nSPS) is 20.0. The molecule has 20 heavy (non-hydrogen) atoms. The summed E-state index contributed by atoms with van der Waals surface area (Å²) in [6.45, 7) is 4.39. The van der Waals surface area contributed by atoms with Gasteiger partial charge in [0.2, 0.25) is 0 Å². The fourth-order valence-corrected chi connectivity index (χ4v) is 2.93. The molecular weight excluding hydrogens is 246 g/mol. The highest BCUT2D eigenvalue weighted by atomic mass is 15.1. The molecule has 0 unspecified atom stereocenters. The Bertz CT molecular complexity index is 594. The summed E-state index contributed by atoms with van der Waals surface area (Å²) in [6, 6.07) is 8.46. The van der Waals surface area contributed by atoms with Gasteiger partial charge in [0, 0.05) is 24.2 Å². The van der Waals surface area contributed by atoms with E-state index in [1.54, 1.807) is 0 Å². The fraction of sp³-hybridized carbons (Fsp3) is 0.412. The van der Waals surface area contributed by atoms with Gasteiger partial charge in [-0.2, -0.15) is 0 Å². The average Bonchev–Trinajstić information content (AvgIpc) is 2.47. The van der Waals surface area contributed by atoms with Crippen molar-refractivity contribution in [2.45, 2.75) is 25.7 Å². The number of nitrogens with zero attached hydrogens (tertiary/aromatic N) is 3. The van der Waals surface area contributed by atoms with Gasteiger partial charge in [0.05, 0.1) is 17.6 Å². The molecule has 0 amide bonds. The van der Waals surface area contributed by atoms with E-state index in [-0.39, 0.29) is 0 Å². The first-order chi connectivity index (χ1) is 9.72. The van der Waals surface area contributed by atoms with Crippen molar-refractivity contribution in [3.63, 3.8) is 0 Å². The molecule has 0 radical (unpaired) electrons. The lowest BCUT2D eigenvalue weighted by Gasteiger charge is -2.29. The summed E-state index contributed by atoms with van der Waals surface area (Å²) < 4.78 is 0. The molecule has 1 aromatic heterocycles. The SMILES string of the molecule is Cc1cccc(-c2cncc([C@H]3CCCN(C)C3)n2)c1. The van der Waals surface area contributed by atoms with Gasteiger partial charge < -0.3 is 4.90 Å². The number of rotatable bonds is 2. The van der Waals surface area contributed by atoms with Crippen LogP contribution in [0.15, 0.2) is 36.7 Å². The van der Waals surface area contributed by atoms with Gasteiger partial charge in [0.25, 0.3) is 0 Å². The van der Waals surface area contributed by atoms with Crippen molar-refractivity contribution >= 4 is 0 Å². The summed E-state index contributed by atoms with van der Waals surface area (Å²) in [7, 11) is 2.18. The minimum absolute atomic E-state index is 0.519. The molecule has 2 heterocycles. The Hall–Kier alpha value is -1.74. The molecule has 3 rings (SSSR count). The Morgan fingerprint density at radius 2 is 2.15 bits per heavy atom. The summed E-state index contributed by atoms with van der Waals surface area (Å²) in [5.74, 6) is 0.519. The van der Waals surface area contributed by atoms with Crippen LogP contribution in [0.4, 0.5) is 0 Å². The van der Waals surface area contributed by atoms with Crippen LogP contribution in [0.1, 0.15) is 30.0 Å². The maximum atomic E-state index is 4.85. The Morgan fingerprint density at radius 3 is 2.95 bits per heavy atom. The zero-order valence-electron chi connectivity index (χ0n) is 12.2. The fourth-order valence-electron chi connectivity index (χ4n) is 2.93. The molecule has 0 N–H and O–H groups in total. The van der Waals surface area contributed by atoms with Crippen LogP contribution >= 0.6 is 0 Å². The van der Waals surface area contributed by atoms with E-state index in [1.807, 2.05) is 12.4 Å². The first-order valence-corrected chi connectivity index (χ1v) is 7.30. The number of piperidine rings is 1. The Balaban J connectivity index is 1.89. The second kappa shape index (κ2) is 5.71. The standard InChI is InChI=1S/C17H21N3/c1-13-5-3-6-14(9-13)16-10-18-11-17(19-16)15-7-4-8-20(2)12-15/h3,5-6,9-11,15H,4,7-8,12H2,1-2H3/t15-/m0/s1. The largest absolute Gasteiger partial charge is 0.306 e. The van der Waals surface area contributed by atoms with Gasteiger partial charge in [-0.15, -0.1) is 0 Å². The molecule has 0 aliphatic carbocycles. The molecule has 1 fully saturated rings. The van der Waals surface area contributed by atoms with E-state index in [1.165, 1.54) is 24.9 Å². The predicted octanol–water partition coefficient (Wildman–Crippen LogP) is 3.26. The number of benzene rings is 1. The van der Waals surface area contributed by atoms with Crippen LogP contribution in [0.2, 0.25) is 0 Å². The molecule has 1 aromatic carbocycles. The van der Waals surface area contributed by atoms with Crippen LogP contribution in [0.3, 0.4) is 0 Å². The van der Waals surface area contributed by atoms with Crippen LogP contribution in [-0.2, 0) is 0 Å². The number of aromatic nitrogens is 2. The second-order valence-electron chi connectivity index (χ2n) is 5.80. The lowest BCUT2D eigenvalue weighted by atomic mass is 9.95. The third kappa shape index (κ3) is 2.88. The Morgan fingerprint density at radius 1 is 1.25 bits per heavy atom. The van der Waals surface area contributed by atoms with E-state index in [0.29, 0.717) is 5.92 Å². The highest BCUT2D eigenvalue weighted by molar-refractivity contribution is 5.59. The van der Waals surface area contributed by atoms with Gasteiger partial charge >= 0.3 is 0 Å². The van der Waals surface area contributed by atoms with Crippen molar-refractivity contribution in [3.8, 4) is 11.3 Å². The average molecular weight is 267 g/mol. The zero-order valence-corrected chi connectivity index (χ0v) is 12.2. The Kier molecular flexibility index (Phi) is 3.79. The lowest BCUT2D eigenvalue weighted by molar-refractivity contribution is 0.248. The molecule has 0 bridgehead atoms. The van der Waals surface area contributed by atoms with Crippen molar-refractivity contribution in [1.82, 2.24) is 14.9 Å². The molecule has 0 spiro atoms. The van der Waals surface area contributed by atoms with E-state index >= 15 is 0 Å². The van der Waals surface area contributed by atoms with Gasteiger partial charge in [-0.3, -0.25) is 4.98 Å². The maximum Gasteiger partial charge on any atom is 0.0888 e.